The smallest absolute Gasteiger partial charge is 0.228 e. The highest BCUT2D eigenvalue weighted by Gasteiger charge is 2.48. The van der Waals surface area contributed by atoms with Gasteiger partial charge in [-0.1, -0.05) is 0 Å². The maximum atomic E-state index is 13.0. The number of carbonyl (C=O) groups excluding carboxylic acids is 2. The van der Waals surface area contributed by atoms with E-state index in [1.807, 2.05) is 4.90 Å². The zero-order chi connectivity index (χ0) is 16.6. The summed E-state index contributed by atoms with van der Waals surface area (Å²) in [6.07, 6.45) is 8.10. The van der Waals surface area contributed by atoms with Gasteiger partial charge in [0.25, 0.3) is 0 Å². The molecule has 1 spiro atoms. The summed E-state index contributed by atoms with van der Waals surface area (Å²) < 4.78 is 5.38. The van der Waals surface area contributed by atoms with Gasteiger partial charge in [0.05, 0.1) is 5.41 Å². The van der Waals surface area contributed by atoms with E-state index in [4.69, 9.17) is 4.74 Å². The minimum Gasteiger partial charge on any atom is -0.381 e. The Balaban J connectivity index is 1.37. The molecule has 3 heterocycles. The van der Waals surface area contributed by atoms with Crippen LogP contribution in [0.2, 0.25) is 0 Å². The van der Waals surface area contributed by atoms with E-state index < -0.39 is 0 Å². The van der Waals surface area contributed by atoms with Crippen molar-refractivity contribution < 1.29 is 14.3 Å². The van der Waals surface area contributed by atoms with Gasteiger partial charge in [-0.15, -0.1) is 0 Å². The number of hydrogen-bond donors (Lipinski definition) is 0. The van der Waals surface area contributed by atoms with E-state index in [0.29, 0.717) is 25.0 Å². The maximum Gasteiger partial charge on any atom is 0.228 e. The normalized spacial score (nSPS) is 32.4. The summed E-state index contributed by atoms with van der Waals surface area (Å²) in [5.74, 6) is 1.59. The standard InChI is InChI=1S/C19H30N2O3/c22-17(16-4-12-24-13-5-16)20-9-1-6-19(7-10-20)8-11-21(18(19)23)14-15-2-3-15/h15-16H,1-14H2/t19-/m0/s1. The Morgan fingerprint density at radius 1 is 1.04 bits per heavy atom. The van der Waals surface area contributed by atoms with Gasteiger partial charge in [0.2, 0.25) is 11.8 Å². The third-order valence-electron chi connectivity index (χ3n) is 6.60. The van der Waals surface area contributed by atoms with Crippen molar-refractivity contribution in [1.29, 1.82) is 0 Å². The highest BCUT2D eigenvalue weighted by molar-refractivity contribution is 5.85. The van der Waals surface area contributed by atoms with Crippen LogP contribution in [0.15, 0.2) is 0 Å². The molecule has 0 N–H and O–H groups in total. The number of carbonyl (C=O) groups is 2. The van der Waals surface area contributed by atoms with Crippen molar-refractivity contribution in [2.24, 2.45) is 17.3 Å². The number of hydrogen-bond acceptors (Lipinski definition) is 3. The third-order valence-corrected chi connectivity index (χ3v) is 6.60. The molecule has 3 aliphatic heterocycles. The SMILES string of the molecule is O=C(C1CCOCC1)N1CCC[C@]2(CC1)CCN(CC1CC1)C2=O. The van der Waals surface area contributed by atoms with Crippen molar-refractivity contribution in [3.8, 4) is 0 Å². The topological polar surface area (TPSA) is 49.9 Å². The first-order valence-corrected chi connectivity index (χ1v) is 9.84. The van der Waals surface area contributed by atoms with Gasteiger partial charge in [-0.2, -0.15) is 0 Å². The van der Waals surface area contributed by atoms with Gasteiger partial charge in [0.1, 0.15) is 0 Å². The van der Waals surface area contributed by atoms with Gasteiger partial charge >= 0.3 is 0 Å². The minimum atomic E-state index is -0.167. The molecule has 5 heteroatoms. The molecular formula is C19H30N2O3. The van der Waals surface area contributed by atoms with Crippen LogP contribution in [0.5, 0.6) is 0 Å². The summed E-state index contributed by atoms with van der Waals surface area (Å²) in [6.45, 7) is 4.92. The van der Waals surface area contributed by atoms with Crippen molar-refractivity contribution in [1.82, 2.24) is 9.80 Å². The molecule has 3 saturated heterocycles. The van der Waals surface area contributed by atoms with E-state index >= 15 is 0 Å². The van der Waals surface area contributed by atoms with Gasteiger partial charge in [-0.3, -0.25) is 9.59 Å². The zero-order valence-corrected chi connectivity index (χ0v) is 14.7. The maximum absolute atomic E-state index is 13.0. The van der Waals surface area contributed by atoms with Crippen LogP contribution in [0.25, 0.3) is 0 Å². The minimum absolute atomic E-state index is 0.137. The fraction of sp³-hybridized carbons (Fsp3) is 0.895. The molecule has 2 amide bonds. The molecule has 0 aromatic carbocycles. The number of amides is 2. The first-order chi connectivity index (χ1) is 11.7. The van der Waals surface area contributed by atoms with Crippen molar-refractivity contribution in [3.05, 3.63) is 0 Å². The number of rotatable bonds is 3. The molecule has 4 rings (SSSR count). The molecule has 0 unspecified atom stereocenters. The molecule has 0 radical (unpaired) electrons. The average molecular weight is 334 g/mol. The monoisotopic (exact) mass is 334 g/mol. The van der Waals surface area contributed by atoms with Crippen LogP contribution in [-0.2, 0) is 14.3 Å². The number of nitrogens with zero attached hydrogens (tertiary/aromatic N) is 2. The van der Waals surface area contributed by atoms with Gasteiger partial charge in [0.15, 0.2) is 0 Å². The molecule has 24 heavy (non-hydrogen) atoms. The predicted molar refractivity (Wildman–Crippen MR) is 90.3 cm³/mol. The Hall–Kier alpha value is -1.10. The van der Waals surface area contributed by atoms with Gasteiger partial charge in [-0.25, -0.2) is 0 Å². The Kier molecular flexibility index (Phi) is 4.54. The molecule has 134 valence electrons. The Morgan fingerprint density at radius 2 is 1.79 bits per heavy atom. The molecule has 4 fully saturated rings. The second-order valence-corrected chi connectivity index (χ2v) is 8.29. The van der Waals surface area contributed by atoms with Crippen molar-refractivity contribution in [2.75, 3.05) is 39.4 Å². The summed E-state index contributed by atoms with van der Waals surface area (Å²) >= 11 is 0. The van der Waals surface area contributed by atoms with Crippen molar-refractivity contribution in [3.63, 3.8) is 0 Å². The van der Waals surface area contributed by atoms with E-state index in [2.05, 4.69) is 4.90 Å². The second-order valence-electron chi connectivity index (χ2n) is 8.29. The van der Waals surface area contributed by atoms with E-state index in [-0.39, 0.29) is 11.3 Å². The second kappa shape index (κ2) is 6.66. The lowest BCUT2D eigenvalue weighted by Gasteiger charge is -2.29. The zero-order valence-electron chi connectivity index (χ0n) is 14.7. The van der Waals surface area contributed by atoms with Crippen LogP contribution in [0.3, 0.4) is 0 Å². The van der Waals surface area contributed by atoms with Crippen LogP contribution in [0.4, 0.5) is 0 Å². The van der Waals surface area contributed by atoms with E-state index in [9.17, 15) is 9.59 Å². The third kappa shape index (κ3) is 3.19. The van der Waals surface area contributed by atoms with Gasteiger partial charge in [0, 0.05) is 45.3 Å². The van der Waals surface area contributed by atoms with Gasteiger partial charge < -0.3 is 14.5 Å². The fourth-order valence-electron chi connectivity index (χ4n) is 4.76. The van der Waals surface area contributed by atoms with Crippen LogP contribution in [-0.4, -0.2) is 61.0 Å². The van der Waals surface area contributed by atoms with E-state index in [0.717, 1.165) is 70.6 Å². The summed E-state index contributed by atoms with van der Waals surface area (Å²) in [7, 11) is 0. The molecule has 1 atom stereocenters. The summed E-state index contributed by atoms with van der Waals surface area (Å²) in [5.41, 5.74) is -0.167. The first-order valence-electron chi connectivity index (χ1n) is 9.84. The lowest BCUT2D eigenvalue weighted by molar-refractivity contribution is -0.140. The Morgan fingerprint density at radius 3 is 2.54 bits per heavy atom. The van der Waals surface area contributed by atoms with Crippen molar-refractivity contribution >= 4 is 11.8 Å². The quantitative estimate of drug-likeness (QED) is 0.794. The molecule has 0 bridgehead atoms. The molecule has 4 aliphatic rings. The number of likely N-dealkylation sites (tertiary alicyclic amines) is 2. The lowest BCUT2D eigenvalue weighted by atomic mass is 9.79. The molecule has 1 aliphatic carbocycles. The van der Waals surface area contributed by atoms with Crippen LogP contribution >= 0.6 is 0 Å². The van der Waals surface area contributed by atoms with E-state index in [1.165, 1.54) is 12.8 Å². The first kappa shape index (κ1) is 16.4. The Bertz CT molecular complexity index is 499. The summed E-state index contributed by atoms with van der Waals surface area (Å²) in [5, 5.41) is 0. The molecule has 0 aromatic heterocycles. The molecular weight excluding hydrogens is 304 g/mol. The molecule has 1 saturated carbocycles. The predicted octanol–water partition coefficient (Wildman–Crippen LogP) is 2.05. The highest BCUT2D eigenvalue weighted by Crippen LogP contribution is 2.43. The lowest BCUT2D eigenvalue weighted by Crippen LogP contribution is -2.40. The summed E-state index contributed by atoms with van der Waals surface area (Å²) in [6, 6.07) is 0. The number of ether oxygens (including phenoxy) is 1. The summed E-state index contributed by atoms with van der Waals surface area (Å²) in [4.78, 5) is 29.9. The largest absolute Gasteiger partial charge is 0.381 e. The van der Waals surface area contributed by atoms with E-state index in [1.54, 1.807) is 0 Å². The van der Waals surface area contributed by atoms with Crippen LogP contribution in [0.1, 0.15) is 51.4 Å². The van der Waals surface area contributed by atoms with Crippen LogP contribution < -0.4 is 0 Å². The molecule has 5 nitrogen and oxygen atoms in total. The van der Waals surface area contributed by atoms with Gasteiger partial charge in [-0.05, 0) is 57.3 Å². The average Bonchev–Trinajstić information content (AvgIpc) is 3.40. The fourth-order valence-corrected chi connectivity index (χ4v) is 4.76. The van der Waals surface area contributed by atoms with Crippen molar-refractivity contribution in [2.45, 2.75) is 51.4 Å². The Labute approximate surface area is 144 Å². The van der Waals surface area contributed by atoms with Crippen LogP contribution in [0, 0.1) is 17.3 Å². The highest BCUT2D eigenvalue weighted by atomic mass is 16.5. The molecule has 0 aromatic rings.